The van der Waals surface area contributed by atoms with E-state index >= 15 is 0 Å². The van der Waals surface area contributed by atoms with Crippen molar-refractivity contribution in [3.63, 3.8) is 0 Å². The van der Waals surface area contributed by atoms with Gasteiger partial charge in [0.15, 0.2) is 0 Å². The number of rotatable bonds is 4. The zero-order valence-corrected chi connectivity index (χ0v) is 10.6. The van der Waals surface area contributed by atoms with Crippen LogP contribution in [-0.2, 0) is 4.74 Å². The molecule has 0 radical (unpaired) electrons. The highest BCUT2D eigenvalue weighted by atomic mass is 16.5. The van der Waals surface area contributed by atoms with Crippen molar-refractivity contribution in [3.05, 3.63) is 0 Å². The van der Waals surface area contributed by atoms with Crippen molar-refractivity contribution in [1.82, 2.24) is 15.0 Å². The number of anilines is 2. The quantitative estimate of drug-likeness (QED) is 0.514. The number of ether oxygens (including phenoxy) is 2. The average Bonchev–Trinajstić information content (AvgIpc) is 2.38. The number of nitrogens with one attached hydrogen (secondary N) is 2. The standard InChI is InChI=1S/C10H18N6O2/c1-10(3-5-18-6-4-10)15-7-12-8(16-11)14-9(13-7)17-2/h3-6,11H2,1-2H3,(H2,12,13,14,15,16). The van der Waals surface area contributed by atoms with Crippen LogP contribution in [0.2, 0.25) is 0 Å². The van der Waals surface area contributed by atoms with E-state index in [1.54, 1.807) is 0 Å². The van der Waals surface area contributed by atoms with Crippen molar-refractivity contribution in [2.45, 2.75) is 25.3 Å². The minimum atomic E-state index is -0.0868. The van der Waals surface area contributed by atoms with Crippen molar-refractivity contribution >= 4 is 11.9 Å². The molecule has 8 nitrogen and oxygen atoms in total. The molecule has 1 aliphatic heterocycles. The van der Waals surface area contributed by atoms with E-state index < -0.39 is 0 Å². The van der Waals surface area contributed by atoms with Gasteiger partial charge in [-0.05, 0) is 19.8 Å². The number of nitrogen functional groups attached to an aromatic ring is 1. The molecule has 0 saturated carbocycles. The second kappa shape index (κ2) is 5.32. The lowest BCUT2D eigenvalue weighted by molar-refractivity contribution is 0.0655. The van der Waals surface area contributed by atoms with Crippen LogP contribution in [0.5, 0.6) is 6.01 Å². The number of hydrogen-bond acceptors (Lipinski definition) is 8. The number of hydrogen-bond donors (Lipinski definition) is 3. The highest BCUT2D eigenvalue weighted by Gasteiger charge is 2.28. The number of aromatic nitrogens is 3. The second-order valence-electron chi connectivity index (χ2n) is 4.41. The summed E-state index contributed by atoms with van der Waals surface area (Å²) in [5.74, 6) is 6.01. The van der Waals surface area contributed by atoms with Crippen molar-refractivity contribution in [2.75, 3.05) is 31.1 Å². The minimum Gasteiger partial charge on any atom is -0.467 e. The van der Waals surface area contributed by atoms with Crippen molar-refractivity contribution in [1.29, 1.82) is 0 Å². The highest BCUT2D eigenvalue weighted by molar-refractivity contribution is 5.37. The van der Waals surface area contributed by atoms with Gasteiger partial charge in [0, 0.05) is 18.8 Å². The first kappa shape index (κ1) is 12.8. The molecule has 1 saturated heterocycles. The number of nitrogens with two attached hydrogens (primary N) is 1. The van der Waals surface area contributed by atoms with Gasteiger partial charge < -0.3 is 14.8 Å². The summed E-state index contributed by atoms with van der Waals surface area (Å²) in [6.07, 6.45) is 1.79. The summed E-state index contributed by atoms with van der Waals surface area (Å²) in [4.78, 5) is 12.2. The Morgan fingerprint density at radius 2 is 1.89 bits per heavy atom. The fraction of sp³-hybridized carbons (Fsp3) is 0.700. The third-order valence-corrected chi connectivity index (χ3v) is 2.94. The lowest BCUT2D eigenvalue weighted by Crippen LogP contribution is -2.41. The summed E-state index contributed by atoms with van der Waals surface area (Å²) in [6.45, 7) is 3.57. The van der Waals surface area contributed by atoms with Crippen LogP contribution in [0.1, 0.15) is 19.8 Å². The molecular formula is C10H18N6O2. The number of methoxy groups -OCH3 is 1. The molecule has 1 fully saturated rings. The molecule has 0 unspecified atom stereocenters. The molecule has 0 aromatic carbocycles. The SMILES string of the molecule is COc1nc(NN)nc(NC2(C)CCOCC2)n1. The van der Waals surface area contributed by atoms with Crippen LogP contribution in [0, 0.1) is 0 Å². The van der Waals surface area contributed by atoms with Crippen LogP contribution in [0.25, 0.3) is 0 Å². The Hall–Kier alpha value is -1.67. The van der Waals surface area contributed by atoms with Crippen LogP contribution in [0.3, 0.4) is 0 Å². The first-order valence-electron chi connectivity index (χ1n) is 5.78. The van der Waals surface area contributed by atoms with Gasteiger partial charge in [0.25, 0.3) is 0 Å². The van der Waals surface area contributed by atoms with Crippen molar-refractivity contribution < 1.29 is 9.47 Å². The summed E-state index contributed by atoms with van der Waals surface area (Å²) >= 11 is 0. The largest absolute Gasteiger partial charge is 0.467 e. The Kier molecular flexibility index (Phi) is 3.78. The van der Waals surface area contributed by atoms with Gasteiger partial charge in [-0.15, -0.1) is 0 Å². The molecule has 2 rings (SSSR count). The van der Waals surface area contributed by atoms with E-state index in [1.807, 2.05) is 0 Å². The molecule has 0 bridgehead atoms. The molecule has 1 aromatic rings. The minimum absolute atomic E-state index is 0.0868. The number of nitrogens with zero attached hydrogens (tertiary/aromatic N) is 3. The second-order valence-corrected chi connectivity index (χ2v) is 4.41. The normalized spacial score (nSPS) is 18.2. The molecule has 0 spiro atoms. The van der Waals surface area contributed by atoms with E-state index in [1.165, 1.54) is 7.11 Å². The first-order valence-corrected chi connectivity index (χ1v) is 5.78. The zero-order chi connectivity index (χ0) is 13.0. The van der Waals surface area contributed by atoms with Gasteiger partial charge in [-0.1, -0.05) is 0 Å². The first-order chi connectivity index (χ1) is 8.65. The van der Waals surface area contributed by atoms with Gasteiger partial charge >= 0.3 is 6.01 Å². The smallest absolute Gasteiger partial charge is 0.322 e. The molecule has 0 atom stereocenters. The Morgan fingerprint density at radius 1 is 1.22 bits per heavy atom. The zero-order valence-electron chi connectivity index (χ0n) is 10.6. The van der Waals surface area contributed by atoms with E-state index in [0.29, 0.717) is 5.95 Å². The van der Waals surface area contributed by atoms with Crippen LogP contribution < -0.4 is 21.3 Å². The summed E-state index contributed by atoms with van der Waals surface area (Å²) in [6, 6.07) is 0.219. The monoisotopic (exact) mass is 254 g/mol. The Bertz CT molecular complexity index is 385. The Labute approximate surface area is 105 Å². The average molecular weight is 254 g/mol. The van der Waals surface area contributed by atoms with Gasteiger partial charge in [-0.2, -0.15) is 15.0 Å². The molecule has 0 aliphatic carbocycles. The van der Waals surface area contributed by atoms with Gasteiger partial charge in [0.1, 0.15) is 0 Å². The topological polar surface area (TPSA) is 107 Å². The third-order valence-electron chi connectivity index (χ3n) is 2.94. The van der Waals surface area contributed by atoms with Gasteiger partial charge in [0.05, 0.1) is 7.11 Å². The molecule has 2 heterocycles. The van der Waals surface area contributed by atoms with E-state index in [4.69, 9.17) is 15.3 Å². The highest BCUT2D eigenvalue weighted by Crippen LogP contribution is 2.24. The number of hydrazine groups is 1. The van der Waals surface area contributed by atoms with Crippen LogP contribution in [0.15, 0.2) is 0 Å². The maximum atomic E-state index is 5.34. The predicted molar refractivity (Wildman–Crippen MR) is 66.3 cm³/mol. The lowest BCUT2D eigenvalue weighted by Gasteiger charge is -2.34. The van der Waals surface area contributed by atoms with Crippen molar-refractivity contribution in [3.8, 4) is 6.01 Å². The van der Waals surface area contributed by atoms with Crippen LogP contribution >= 0.6 is 0 Å². The fourth-order valence-electron chi connectivity index (χ4n) is 1.79. The molecule has 18 heavy (non-hydrogen) atoms. The van der Waals surface area contributed by atoms with E-state index in [9.17, 15) is 0 Å². The predicted octanol–water partition coefficient (Wildman–Crippen LogP) is 0.147. The van der Waals surface area contributed by atoms with E-state index in [-0.39, 0.29) is 17.5 Å². The summed E-state index contributed by atoms with van der Waals surface area (Å²) in [7, 11) is 1.50. The van der Waals surface area contributed by atoms with E-state index in [0.717, 1.165) is 26.1 Å². The van der Waals surface area contributed by atoms with Gasteiger partial charge in [-0.25, -0.2) is 5.84 Å². The van der Waals surface area contributed by atoms with Crippen LogP contribution in [-0.4, -0.2) is 40.8 Å². The maximum Gasteiger partial charge on any atom is 0.322 e. The fourth-order valence-corrected chi connectivity index (χ4v) is 1.79. The van der Waals surface area contributed by atoms with Gasteiger partial charge in [0.2, 0.25) is 11.9 Å². The molecule has 0 amide bonds. The molecular weight excluding hydrogens is 236 g/mol. The summed E-state index contributed by atoms with van der Waals surface area (Å²) in [5, 5.41) is 3.29. The molecule has 1 aliphatic rings. The van der Waals surface area contributed by atoms with Crippen molar-refractivity contribution in [2.24, 2.45) is 5.84 Å². The molecule has 8 heteroatoms. The molecule has 100 valence electrons. The molecule has 1 aromatic heterocycles. The summed E-state index contributed by atoms with van der Waals surface area (Å²) in [5.41, 5.74) is 2.30. The maximum absolute atomic E-state index is 5.34. The molecule has 4 N–H and O–H groups in total. The van der Waals surface area contributed by atoms with Gasteiger partial charge in [-0.3, -0.25) is 5.43 Å². The Balaban J connectivity index is 2.16. The Morgan fingerprint density at radius 3 is 2.50 bits per heavy atom. The third kappa shape index (κ3) is 2.96. The van der Waals surface area contributed by atoms with E-state index in [2.05, 4.69) is 32.6 Å². The lowest BCUT2D eigenvalue weighted by atomic mass is 9.93. The van der Waals surface area contributed by atoms with Crippen LogP contribution in [0.4, 0.5) is 11.9 Å². The summed E-state index contributed by atoms with van der Waals surface area (Å²) < 4.78 is 10.3.